The summed E-state index contributed by atoms with van der Waals surface area (Å²) in [7, 11) is 1.57. The number of ether oxygens (including phenoxy) is 1. The molecule has 94 valence electrons. The molecule has 0 aliphatic heterocycles. The van der Waals surface area contributed by atoms with Crippen LogP contribution in [0.4, 0.5) is 0 Å². The first kappa shape index (κ1) is 14.3. The number of rotatable bonds is 5. The molecule has 17 heavy (non-hydrogen) atoms. The SMILES string of the molecule is C/C=C/CCNC(=O)c1sc(C)c(Br)c1OC. The van der Waals surface area contributed by atoms with Gasteiger partial charge in [-0.25, -0.2) is 0 Å². The van der Waals surface area contributed by atoms with E-state index in [0.29, 0.717) is 17.2 Å². The van der Waals surface area contributed by atoms with E-state index in [2.05, 4.69) is 21.2 Å². The first-order valence-corrected chi connectivity index (χ1v) is 6.95. The lowest BCUT2D eigenvalue weighted by atomic mass is 10.3. The van der Waals surface area contributed by atoms with Crippen LogP contribution in [0.2, 0.25) is 0 Å². The van der Waals surface area contributed by atoms with Gasteiger partial charge in [0, 0.05) is 11.4 Å². The van der Waals surface area contributed by atoms with Crippen molar-refractivity contribution in [2.45, 2.75) is 20.3 Å². The van der Waals surface area contributed by atoms with Gasteiger partial charge >= 0.3 is 0 Å². The zero-order chi connectivity index (χ0) is 12.8. The summed E-state index contributed by atoms with van der Waals surface area (Å²) in [6.07, 6.45) is 4.84. The van der Waals surface area contributed by atoms with Crippen LogP contribution >= 0.6 is 27.3 Å². The number of halogens is 1. The molecule has 0 spiro atoms. The third-order valence-electron chi connectivity index (χ3n) is 2.21. The Bertz CT molecular complexity index is 426. The van der Waals surface area contributed by atoms with Gasteiger partial charge in [0.05, 0.1) is 11.6 Å². The number of allylic oxidation sites excluding steroid dienone is 1. The molecule has 0 bridgehead atoms. The van der Waals surface area contributed by atoms with Crippen LogP contribution in [0.3, 0.4) is 0 Å². The first-order chi connectivity index (χ1) is 8.11. The largest absolute Gasteiger partial charge is 0.494 e. The van der Waals surface area contributed by atoms with Crippen molar-refractivity contribution in [3.8, 4) is 5.75 Å². The highest BCUT2D eigenvalue weighted by Crippen LogP contribution is 2.38. The average Bonchev–Trinajstić information content (AvgIpc) is 2.61. The van der Waals surface area contributed by atoms with E-state index in [9.17, 15) is 4.79 Å². The summed E-state index contributed by atoms with van der Waals surface area (Å²) in [6, 6.07) is 0. The third kappa shape index (κ3) is 3.57. The quantitative estimate of drug-likeness (QED) is 0.666. The minimum Gasteiger partial charge on any atom is -0.494 e. The highest BCUT2D eigenvalue weighted by molar-refractivity contribution is 9.10. The van der Waals surface area contributed by atoms with Crippen LogP contribution < -0.4 is 10.1 Å². The van der Waals surface area contributed by atoms with Gasteiger partial charge in [0.1, 0.15) is 4.88 Å². The highest BCUT2D eigenvalue weighted by Gasteiger charge is 2.19. The second-order valence-corrected chi connectivity index (χ2v) is 5.47. The van der Waals surface area contributed by atoms with Gasteiger partial charge in [0.2, 0.25) is 0 Å². The number of amides is 1. The van der Waals surface area contributed by atoms with Crippen LogP contribution in [0.1, 0.15) is 27.9 Å². The van der Waals surface area contributed by atoms with Crippen LogP contribution in [-0.4, -0.2) is 19.6 Å². The molecule has 1 heterocycles. The first-order valence-electron chi connectivity index (χ1n) is 5.34. The molecule has 1 aromatic rings. The van der Waals surface area contributed by atoms with E-state index in [-0.39, 0.29) is 5.91 Å². The van der Waals surface area contributed by atoms with Crippen molar-refractivity contribution < 1.29 is 9.53 Å². The summed E-state index contributed by atoms with van der Waals surface area (Å²) >= 11 is 4.85. The Morgan fingerprint density at radius 2 is 2.29 bits per heavy atom. The summed E-state index contributed by atoms with van der Waals surface area (Å²) in [6.45, 7) is 4.55. The molecular formula is C12H16BrNO2S. The molecule has 0 atom stereocenters. The molecule has 1 rings (SSSR count). The highest BCUT2D eigenvalue weighted by atomic mass is 79.9. The van der Waals surface area contributed by atoms with Crippen LogP contribution in [0, 0.1) is 6.92 Å². The summed E-state index contributed by atoms with van der Waals surface area (Å²) in [4.78, 5) is 13.6. The van der Waals surface area contributed by atoms with Gasteiger partial charge < -0.3 is 10.1 Å². The van der Waals surface area contributed by atoms with E-state index in [0.717, 1.165) is 15.8 Å². The lowest BCUT2D eigenvalue weighted by Gasteiger charge is -2.04. The molecule has 0 fully saturated rings. The monoisotopic (exact) mass is 317 g/mol. The van der Waals surface area contributed by atoms with Crippen molar-refractivity contribution >= 4 is 33.2 Å². The zero-order valence-electron chi connectivity index (χ0n) is 10.2. The minimum atomic E-state index is -0.0786. The molecule has 0 saturated carbocycles. The lowest BCUT2D eigenvalue weighted by Crippen LogP contribution is -2.23. The van der Waals surface area contributed by atoms with Gasteiger partial charge in [-0.05, 0) is 36.2 Å². The Balaban J connectivity index is 2.72. The van der Waals surface area contributed by atoms with E-state index in [1.165, 1.54) is 11.3 Å². The van der Waals surface area contributed by atoms with Crippen molar-refractivity contribution in [1.82, 2.24) is 5.32 Å². The van der Waals surface area contributed by atoms with Crippen LogP contribution in [0.25, 0.3) is 0 Å². The molecule has 1 amide bonds. The predicted octanol–water partition coefficient (Wildman–Crippen LogP) is 3.52. The predicted molar refractivity (Wildman–Crippen MR) is 75.1 cm³/mol. The Hall–Kier alpha value is -0.810. The number of thiophene rings is 1. The number of hydrogen-bond donors (Lipinski definition) is 1. The molecule has 0 aliphatic rings. The van der Waals surface area contributed by atoms with Crippen molar-refractivity contribution in [2.24, 2.45) is 0 Å². The summed E-state index contributed by atoms with van der Waals surface area (Å²) in [5, 5.41) is 2.87. The normalized spacial score (nSPS) is 10.8. The molecular weight excluding hydrogens is 302 g/mol. The number of carbonyl (C=O) groups is 1. The molecule has 1 aromatic heterocycles. The third-order valence-corrected chi connectivity index (χ3v) is 4.51. The molecule has 0 unspecified atom stereocenters. The zero-order valence-corrected chi connectivity index (χ0v) is 12.6. The topological polar surface area (TPSA) is 38.3 Å². The van der Waals surface area contributed by atoms with E-state index in [4.69, 9.17) is 4.74 Å². The fourth-order valence-corrected chi connectivity index (χ4v) is 3.02. The van der Waals surface area contributed by atoms with Gasteiger partial charge in [-0.1, -0.05) is 12.2 Å². The van der Waals surface area contributed by atoms with Crippen molar-refractivity contribution in [3.63, 3.8) is 0 Å². The van der Waals surface area contributed by atoms with E-state index in [1.807, 2.05) is 26.0 Å². The molecule has 5 heteroatoms. The van der Waals surface area contributed by atoms with Gasteiger partial charge in [-0.3, -0.25) is 4.79 Å². The van der Waals surface area contributed by atoms with Gasteiger partial charge in [0.15, 0.2) is 5.75 Å². The number of hydrogen-bond acceptors (Lipinski definition) is 3. The fourth-order valence-electron chi connectivity index (χ4n) is 1.35. The van der Waals surface area contributed by atoms with Crippen molar-refractivity contribution in [2.75, 3.05) is 13.7 Å². The molecule has 3 nitrogen and oxygen atoms in total. The summed E-state index contributed by atoms with van der Waals surface area (Å²) < 4.78 is 6.10. The second-order valence-electron chi connectivity index (χ2n) is 3.45. The second kappa shape index (κ2) is 6.81. The molecule has 0 radical (unpaired) electrons. The Labute approximate surface area is 114 Å². The van der Waals surface area contributed by atoms with E-state index < -0.39 is 0 Å². The average molecular weight is 318 g/mol. The van der Waals surface area contributed by atoms with E-state index in [1.54, 1.807) is 7.11 Å². The maximum absolute atomic E-state index is 11.9. The molecule has 1 N–H and O–H groups in total. The Kier molecular flexibility index (Phi) is 5.71. The summed E-state index contributed by atoms with van der Waals surface area (Å²) in [5.41, 5.74) is 0. The number of nitrogens with one attached hydrogen (secondary N) is 1. The number of methoxy groups -OCH3 is 1. The minimum absolute atomic E-state index is 0.0786. The molecule has 0 saturated heterocycles. The fraction of sp³-hybridized carbons (Fsp3) is 0.417. The van der Waals surface area contributed by atoms with Crippen molar-refractivity contribution in [3.05, 3.63) is 26.4 Å². The summed E-state index contributed by atoms with van der Waals surface area (Å²) in [5.74, 6) is 0.543. The standard InChI is InChI=1S/C12H16BrNO2S/c1-4-5-6-7-14-12(15)11-10(16-3)9(13)8(2)17-11/h4-5H,6-7H2,1-3H3,(H,14,15)/b5-4+. The molecule has 0 aromatic carbocycles. The van der Waals surface area contributed by atoms with Gasteiger partial charge in [0.25, 0.3) is 5.91 Å². The number of aryl methyl sites for hydroxylation is 1. The van der Waals surface area contributed by atoms with E-state index >= 15 is 0 Å². The van der Waals surface area contributed by atoms with Crippen LogP contribution in [0.15, 0.2) is 16.6 Å². The van der Waals surface area contributed by atoms with Crippen LogP contribution in [-0.2, 0) is 0 Å². The molecule has 0 aliphatic carbocycles. The maximum Gasteiger partial charge on any atom is 0.265 e. The number of carbonyl (C=O) groups excluding carboxylic acids is 1. The maximum atomic E-state index is 11.9. The Morgan fingerprint density at radius 1 is 1.59 bits per heavy atom. The van der Waals surface area contributed by atoms with Gasteiger partial charge in [-0.2, -0.15) is 0 Å². The van der Waals surface area contributed by atoms with Gasteiger partial charge in [-0.15, -0.1) is 11.3 Å². The van der Waals surface area contributed by atoms with Crippen molar-refractivity contribution in [1.29, 1.82) is 0 Å². The smallest absolute Gasteiger partial charge is 0.265 e. The van der Waals surface area contributed by atoms with Crippen LogP contribution in [0.5, 0.6) is 5.75 Å². The lowest BCUT2D eigenvalue weighted by molar-refractivity contribution is 0.0955. The Morgan fingerprint density at radius 3 is 2.88 bits per heavy atom.